The number of imidazole rings is 1. The molecule has 29 heavy (non-hydrogen) atoms. The van der Waals surface area contributed by atoms with Crippen LogP contribution in [0.2, 0.25) is 0 Å². The lowest BCUT2D eigenvalue weighted by atomic mass is 10.2. The monoisotopic (exact) mass is 408 g/mol. The lowest BCUT2D eigenvalue weighted by Crippen LogP contribution is -2.49. The second-order valence-corrected chi connectivity index (χ2v) is 7.91. The molecule has 1 aliphatic heterocycles. The number of nitrogens with zero attached hydrogens (tertiary/aromatic N) is 6. The van der Waals surface area contributed by atoms with Gasteiger partial charge in [-0.15, -0.1) is 11.8 Å². The number of aryl methyl sites for hydroxylation is 1. The van der Waals surface area contributed by atoms with Crippen molar-refractivity contribution in [3.63, 3.8) is 0 Å². The Labute approximate surface area is 174 Å². The molecule has 1 amide bonds. The molecule has 8 heteroatoms. The van der Waals surface area contributed by atoms with E-state index in [4.69, 9.17) is 0 Å². The molecule has 2 aromatic heterocycles. The largest absolute Gasteiger partial charge is 0.353 e. The van der Waals surface area contributed by atoms with E-state index in [2.05, 4.69) is 19.9 Å². The summed E-state index contributed by atoms with van der Waals surface area (Å²) in [6.45, 7) is 6.84. The third kappa shape index (κ3) is 3.98. The third-order valence-electron chi connectivity index (χ3n) is 5.36. The topological polar surface area (TPSA) is 67.2 Å². The lowest BCUT2D eigenvalue weighted by molar-refractivity contribution is 0.0746. The summed E-state index contributed by atoms with van der Waals surface area (Å²) in [6, 6.07) is 9.79. The summed E-state index contributed by atoms with van der Waals surface area (Å²) in [7, 11) is 0. The molecule has 1 fully saturated rings. The Morgan fingerprint density at radius 3 is 2.28 bits per heavy atom. The summed E-state index contributed by atoms with van der Waals surface area (Å²) < 4.78 is 1.97. The quantitative estimate of drug-likeness (QED) is 0.619. The highest BCUT2D eigenvalue weighted by molar-refractivity contribution is 7.98. The molecular formula is C21H24N6OS. The number of thioether (sulfide) groups is 1. The molecular weight excluding hydrogens is 384 g/mol. The average molecular weight is 409 g/mol. The Hall–Kier alpha value is -2.87. The number of carbonyl (C=O) groups excluding carboxylic acids is 1. The van der Waals surface area contributed by atoms with Crippen LogP contribution in [0.15, 0.2) is 47.9 Å². The normalized spacial score (nSPS) is 14.3. The van der Waals surface area contributed by atoms with E-state index in [-0.39, 0.29) is 5.91 Å². The zero-order valence-electron chi connectivity index (χ0n) is 16.9. The van der Waals surface area contributed by atoms with Crippen LogP contribution < -0.4 is 4.90 Å². The molecule has 0 atom stereocenters. The van der Waals surface area contributed by atoms with Crippen LogP contribution in [0.3, 0.4) is 0 Å². The molecule has 3 aromatic rings. The molecule has 0 saturated carbocycles. The number of benzene rings is 1. The van der Waals surface area contributed by atoms with E-state index in [1.807, 2.05) is 59.9 Å². The van der Waals surface area contributed by atoms with E-state index in [9.17, 15) is 4.79 Å². The first kappa shape index (κ1) is 19.4. The first-order valence-electron chi connectivity index (χ1n) is 9.58. The lowest BCUT2D eigenvalue weighted by Gasteiger charge is -2.35. The first-order chi connectivity index (χ1) is 14.1. The molecule has 0 spiro atoms. The van der Waals surface area contributed by atoms with Crippen molar-refractivity contribution < 1.29 is 4.79 Å². The molecule has 0 N–H and O–H groups in total. The van der Waals surface area contributed by atoms with Gasteiger partial charge in [-0.25, -0.2) is 15.0 Å². The molecule has 0 radical (unpaired) electrons. The second-order valence-electron chi connectivity index (χ2n) is 7.03. The van der Waals surface area contributed by atoms with Crippen molar-refractivity contribution in [2.45, 2.75) is 18.7 Å². The molecule has 0 aliphatic carbocycles. The third-order valence-corrected chi connectivity index (χ3v) is 6.11. The van der Waals surface area contributed by atoms with Gasteiger partial charge in [0.05, 0.1) is 5.69 Å². The fourth-order valence-corrected chi connectivity index (χ4v) is 3.83. The van der Waals surface area contributed by atoms with Crippen molar-refractivity contribution in [3.05, 3.63) is 59.9 Å². The molecule has 3 heterocycles. The van der Waals surface area contributed by atoms with Gasteiger partial charge in [-0.05, 0) is 44.4 Å². The van der Waals surface area contributed by atoms with Crippen LogP contribution in [0.5, 0.6) is 0 Å². The van der Waals surface area contributed by atoms with E-state index < -0.39 is 0 Å². The van der Waals surface area contributed by atoms with Gasteiger partial charge in [-0.3, -0.25) is 9.36 Å². The van der Waals surface area contributed by atoms with E-state index >= 15 is 0 Å². The minimum absolute atomic E-state index is 0.0881. The first-order valence-corrected chi connectivity index (χ1v) is 10.8. The summed E-state index contributed by atoms with van der Waals surface area (Å²) in [6.07, 6.45) is 5.41. The van der Waals surface area contributed by atoms with Gasteiger partial charge < -0.3 is 9.80 Å². The SMILES string of the molecule is CSc1ccc(C(=O)N2CCN(c3cc(-n4cnc(C)c4C)ncn3)CC2)cc1. The van der Waals surface area contributed by atoms with Gasteiger partial charge >= 0.3 is 0 Å². The number of anilines is 1. The summed E-state index contributed by atoms with van der Waals surface area (Å²) in [5.74, 6) is 1.77. The number of hydrogen-bond donors (Lipinski definition) is 0. The molecule has 1 aromatic carbocycles. The smallest absolute Gasteiger partial charge is 0.253 e. The number of piperazine rings is 1. The van der Waals surface area contributed by atoms with Crippen LogP contribution in [0.1, 0.15) is 21.7 Å². The predicted octanol–water partition coefficient (Wildman–Crippen LogP) is 2.96. The fourth-order valence-electron chi connectivity index (χ4n) is 3.43. The highest BCUT2D eigenvalue weighted by Gasteiger charge is 2.23. The summed E-state index contributed by atoms with van der Waals surface area (Å²) >= 11 is 1.68. The van der Waals surface area contributed by atoms with Crippen LogP contribution in [0.25, 0.3) is 5.82 Å². The molecule has 1 saturated heterocycles. The minimum atomic E-state index is 0.0881. The van der Waals surface area contributed by atoms with Crippen LogP contribution in [0.4, 0.5) is 5.82 Å². The molecule has 4 rings (SSSR count). The van der Waals surface area contributed by atoms with Crippen molar-refractivity contribution in [1.29, 1.82) is 0 Å². The van der Waals surface area contributed by atoms with Gasteiger partial charge in [0.1, 0.15) is 24.3 Å². The second kappa shape index (κ2) is 8.24. The number of aromatic nitrogens is 4. The Kier molecular flexibility index (Phi) is 5.53. The molecule has 150 valence electrons. The van der Waals surface area contributed by atoms with Crippen LogP contribution in [0, 0.1) is 13.8 Å². The Bertz CT molecular complexity index is 1010. The van der Waals surface area contributed by atoms with Crippen molar-refractivity contribution in [2.75, 3.05) is 37.3 Å². The van der Waals surface area contributed by atoms with Crippen molar-refractivity contribution >= 4 is 23.5 Å². The maximum Gasteiger partial charge on any atom is 0.253 e. The predicted molar refractivity (Wildman–Crippen MR) is 115 cm³/mol. The average Bonchev–Trinajstić information content (AvgIpc) is 3.12. The van der Waals surface area contributed by atoms with Crippen molar-refractivity contribution in [1.82, 2.24) is 24.4 Å². The van der Waals surface area contributed by atoms with Crippen LogP contribution >= 0.6 is 11.8 Å². The highest BCUT2D eigenvalue weighted by atomic mass is 32.2. The molecule has 0 unspecified atom stereocenters. The van der Waals surface area contributed by atoms with E-state index in [1.54, 1.807) is 24.4 Å². The zero-order valence-corrected chi connectivity index (χ0v) is 17.7. The number of carbonyl (C=O) groups is 1. The van der Waals surface area contributed by atoms with Crippen molar-refractivity contribution in [2.24, 2.45) is 0 Å². The van der Waals surface area contributed by atoms with Crippen molar-refractivity contribution in [3.8, 4) is 5.82 Å². The standard InChI is InChI=1S/C21H24N6OS/c1-15-16(2)27(14-24-15)20-12-19(22-13-23-20)25-8-10-26(11-9-25)21(28)17-4-6-18(29-3)7-5-17/h4-7,12-14H,8-11H2,1-3H3. The molecule has 0 bridgehead atoms. The number of rotatable bonds is 4. The van der Waals surface area contributed by atoms with E-state index in [1.165, 1.54) is 0 Å². The van der Waals surface area contributed by atoms with Crippen LogP contribution in [-0.2, 0) is 0 Å². The summed E-state index contributed by atoms with van der Waals surface area (Å²) in [5, 5.41) is 0. The van der Waals surface area contributed by atoms with Gasteiger partial charge in [0.25, 0.3) is 5.91 Å². The van der Waals surface area contributed by atoms with Gasteiger partial charge in [-0.1, -0.05) is 0 Å². The minimum Gasteiger partial charge on any atom is -0.353 e. The van der Waals surface area contributed by atoms with Gasteiger partial charge in [0.15, 0.2) is 0 Å². The number of amides is 1. The Balaban J connectivity index is 1.43. The van der Waals surface area contributed by atoms with Crippen LogP contribution in [-0.4, -0.2) is 62.8 Å². The Morgan fingerprint density at radius 1 is 0.966 bits per heavy atom. The van der Waals surface area contributed by atoms with Gasteiger partial charge in [0, 0.05) is 48.4 Å². The molecule has 1 aliphatic rings. The summed E-state index contributed by atoms with van der Waals surface area (Å²) in [4.78, 5) is 31.2. The van der Waals surface area contributed by atoms with E-state index in [0.717, 1.165) is 46.6 Å². The maximum absolute atomic E-state index is 12.8. The number of hydrogen-bond acceptors (Lipinski definition) is 6. The Morgan fingerprint density at radius 2 is 1.66 bits per heavy atom. The highest BCUT2D eigenvalue weighted by Crippen LogP contribution is 2.20. The zero-order chi connectivity index (χ0) is 20.4. The van der Waals surface area contributed by atoms with E-state index in [0.29, 0.717) is 13.1 Å². The van der Waals surface area contributed by atoms with Gasteiger partial charge in [-0.2, -0.15) is 0 Å². The van der Waals surface area contributed by atoms with Gasteiger partial charge in [0.2, 0.25) is 0 Å². The fraction of sp³-hybridized carbons (Fsp3) is 0.333. The summed E-state index contributed by atoms with van der Waals surface area (Å²) in [5.41, 5.74) is 2.80. The molecule has 7 nitrogen and oxygen atoms in total. The maximum atomic E-state index is 12.8.